The summed E-state index contributed by atoms with van der Waals surface area (Å²) in [4.78, 5) is 11.4. The number of aromatic nitrogens is 1. The highest BCUT2D eigenvalue weighted by Crippen LogP contribution is 2.37. The van der Waals surface area contributed by atoms with Gasteiger partial charge >= 0.3 is 0 Å². The average Bonchev–Trinajstić information content (AvgIpc) is 3.07. The number of nitrogens with zero attached hydrogens (tertiary/aromatic N) is 5. The van der Waals surface area contributed by atoms with E-state index in [4.69, 9.17) is 26.7 Å². The molecule has 0 atom stereocenters. The van der Waals surface area contributed by atoms with Crippen molar-refractivity contribution in [2.75, 3.05) is 65.1 Å². The number of hydrogen-bond donors (Lipinski definition) is 1. The fourth-order valence-electron chi connectivity index (χ4n) is 3.91. The SMILES string of the molecule is CN(C)CCCNC(=S)N1CCCN(c2nc3cc4c(cc3cc2C#N)OCO4)CC1. The lowest BCUT2D eigenvalue weighted by Gasteiger charge is -2.25. The number of hydrogen-bond acceptors (Lipinski definition) is 7. The van der Waals surface area contributed by atoms with Crippen LogP contribution in [0.1, 0.15) is 18.4 Å². The van der Waals surface area contributed by atoms with Crippen molar-refractivity contribution in [1.29, 1.82) is 5.26 Å². The Morgan fingerprint density at radius 1 is 1.19 bits per heavy atom. The third-order valence-electron chi connectivity index (χ3n) is 5.55. The Bertz CT molecular complexity index is 1010. The molecule has 4 rings (SSSR count). The average molecular weight is 441 g/mol. The summed E-state index contributed by atoms with van der Waals surface area (Å²) in [5.74, 6) is 2.12. The van der Waals surface area contributed by atoms with Gasteiger partial charge in [0.1, 0.15) is 11.9 Å². The summed E-state index contributed by atoms with van der Waals surface area (Å²) in [5.41, 5.74) is 1.38. The molecule has 2 aromatic rings. The van der Waals surface area contributed by atoms with E-state index in [2.05, 4.69) is 40.2 Å². The molecular weight excluding hydrogens is 412 g/mol. The normalized spacial score (nSPS) is 15.8. The van der Waals surface area contributed by atoms with Crippen molar-refractivity contribution in [1.82, 2.24) is 20.1 Å². The Morgan fingerprint density at radius 3 is 2.77 bits per heavy atom. The van der Waals surface area contributed by atoms with Gasteiger partial charge in [0.2, 0.25) is 6.79 Å². The van der Waals surface area contributed by atoms with Crippen molar-refractivity contribution in [3.63, 3.8) is 0 Å². The van der Waals surface area contributed by atoms with Crippen molar-refractivity contribution >= 4 is 34.1 Å². The molecule has 0 aliphatic carbocycles. The van der Waals surface area contributed by atoms with E-state index in [0.717, 1.165) is 73.9 Å². The molecule has 31 heavy (non-hydrogen) atoms. The third-order valence-corrected chi connectivity index (χ3v) is 5.95. The predicted octanol–water partition coefficient (Wildman–Crippen LogP) is 2.17. The lowest BCUT2D eigenvalue weighted by atomic mass is 10.1. The van der Waals surface area contributed by atoms with Gasteiger partial charge in [-0.2, -0.15) is 5.26 Å². The minimum Gasteiger partial charge on any atom is -0.454 e. The van der Waals surface area contributed by atoms with Crippen LogP contribution < -0.4 is 19.7 Å². The standard InChI is InChI=1S/C22H28N6O2S/c1-26(2)6-3-5-24-22(31)28-8-4-7-27(9-10-28)21-17(14-23)11-16-12-19-20(30-15-29-19)13-18(16)25-21/h11-13H,3-10,15H2,1-2H3,(H,24,31). The molecule has 3 heterocycles. The van der Waals surface area contributed by atoms with Crippen LogP contribution in [0, 0.1) is 11.3 Å². The third kappa shape index (κ3) is 4.92. The number of pyridine rings is 1. The number of ether oxygens (including phenoxy) is 2. The first kappa shape index (κ1) is 21.4. The first-order valence-electron chi connectivity index (χ1n) is 10.6. The van der Waals surface area contributed by atoms with E-state index in [1.165, 1.54) is 0 Å². The first-order chi connectivity index (χ1) is 15.0. The molecule has 8 nitrogen and oxygen atoms in total. The summed E-state index contributed by atoms with van der Waals surface area (Å²) in [7, 11) is 4.15. The van der Waals surface area contributed by atoms with Crippen LogP contribution in [0.25, 0.3) is 10.9 Å². The summed E-state index contributed by atoms with van der Waals surface area (Å²) in [5, 5.41) is 14.8. The molecule has 9 heteroatoms. The van der Waals surface area contributed by atoms with Crippen LogP contribution in [0.5, 0.6) is 11.5 Å². The summed E-state index contributed by atoms with van der Waals surface area (Å²) in [6, 6.07) is 7.98. The Hall–Kier alpha value is -2.83. The zero-order chi connectivity index (χ0) is 21.8. The van der Waals surface area contributed by atoms with Crippen LogP contribution in [0.3, 0.4) is 0 Å². The Balaban J connectivity index is 1.45. The summed E-state index contributed by atoms with van der Waals surface area (Å²) >= 11 is 5.62. The molecule has 2 aliphatic heterocycles. The molecule has 1 aromatic carbocycles. The van der Waals surface area contributed by atoms with E-state index in [9.17, 15) is 5.26 Å². The molecule has 0 unspecified atom stereocenters. The van der Waals surface area contributed by atoms with Crippen LogP contribution in [-0.4, -0.2) is 80.1 Å². The number of rotatable bonds is 5. The van der Waals surface area contributed by atoms with Gasteiger partial charge in [-0.1, -0.05) is 0 Å². The second-order valence-corrected chi connectivity index (χ2v) is 8.47. The number of anilines is 1. The maximum atomic E-state index is 9.75. The zero-order valence-corrected chi connectivity index (χ0v) is 18.9. The van der Waals surface area contributed by atoms with Crippen LogP contribution >= 0.6 is 12.2 Å². The monoisotopic (exact) mass is 440 g/mol. The maximum absolute atomic E-state index is 9.75. The molecule has 1 N–H and O–H groups in total. The van der Waals surface area contributed by atoms with E-state index < -0.39 is 0 Å². The molecule has 2 aliphatic rings. The smallest absolute Gasteiger partial charge is 0.231 e. The van der Waals surface area contributed by atoms with E-state index in [1.54, 1.807) is 0 Å². The Kier molecular flexibility index (Phi) is 6.59. The second kappa shape index (κ2) is 9.54. The van der Waals surface area contributed by atoms with Crippen molar-refractivity contribution in [3.8, 4) is 17.6 Å². The molecule has 0 saturated carbocycles. The Labute approximate surface area is 188 Å². The summed E-state index contributed by atoms with van der Waals surface area (Å²) < 4.78 is 10.9. The van der Waals surface area contributed by atoms with Crippen molar-refractivity contribution in [2.45, 2.75) is 12.8 Å². The van der Waals surface area contributed by atoms with Gasteiger partial charge in [-0.3, -0.25) is 0 Å². The minimum atomic E-state index is 0.217. The van der Waals surface area contributed by atoms with Gasteiger partial charge in [-0.05, 0) is 57.8 Å². The topological polar surface area (TPSA) is 76.9 Å². The molecule has 0 spiro atoms. The van der Waals surface area contributed by atoms with Crippen LogP contribution in [0.15, 0.2) is 18.2 Å². The van der Waals surface area contributed by atoms with Crippen molar-refractivity contribution in [3.05, 3.63) is 23.8 Å². The first-order valence-corrected chi connectivity index (χ1v) is 11.0. The summed E-state index contributed by atoms with van der Waals surface area (Å²) in [6.45, 7) is 5.41. The molecule has 1 saturated heterocycles. The molecule has 1 aromatic heterocycles. The van der Waals surface area contributed by atoms with Gasteiger partial charge in [0.15, 0.2) is 16.6 Å². The van der Waals surface area contributed by atoms with E-state index in [1.807, 2.05) is 18.2 Å². The number of nitriles is 1. The summed E-state index contributed by atoms with van der Waals surface area (Å²) in [6.07, 6.45) is 2.00. The highest BCUT2D eigenvalue weighted by Gasteiger charge is 2.22. The van der Waals surface area contributed by atoms with Gasteiger partial charge in [-0.25, -0.2) is 4.98 Å². The minimum absolute atomic E-state index is 0.217. The van der Waals surface area contributed by atoms with Gasteiger partial charge in [-0.15, -0.1) is 0 Å². The van der Waals surface area contributed by atoms with Crippen LogP contribution in [0.4, 0.5) is 5.82 Å². The lowest BCUT2D eigenvalue weighted by Crippen LogP contribution is -2.42. The number of thiocarbonyl (C=S) groups is 1. The van der Waals surface area contributed by atoms with Crippen LogP contribution in [-0.2, 0) is 0 Å². The molecule has 0 radical (unpaired) electrons. The van der Waals surface area contributed by atoms with Gasteiger partial charge < -0.3 is 29.5 Å². The number of fused-ring (bicyclic) bond motifs is 2. The fraction of sp³-hybridized carbons (Fsp3) is 0.500. The molecular formula is C22H28N6O2S. The molecule has 164 valence electrons. The predicted molar refractivity (Wildman–Crippen MR) is 125 cm³/mol. The molecule has 1 fully saturated rings. The quantitative estimate of drug-likeness (QED) is 0.556. The maximum Gasteiger partial charge on any atom is 0.231 e. The number of nitrogens with one attached hydrogen (secondary N) is 1. The zero-order valence-electron chi connectivity index (χ0n) is 18.1. The van der Waals surface area contributed by atoms with Crippen molar-refractivity contribution < 1.29 is 9.47 Å². The Morgan fingerprint density at radius 2 is 2.00 bits per heavy atom. The second-order valence-electron chi connectivity index (χ2n) is 8.09. The van der Waals surface area contributed by atoms with Gasteiger partial charge in [0.25, 0.3) is 0 Å². The van der Waals surface area contributed by atoms with Crippen LogP contribution in [0.2, 0.25) is 0 Å². The van der Waals surface area contributed by atoms with E-state index in [-0.39, 0.29) is 6.79 Å². The largest absolute Gasteiger partial charge is 0.454 e. The van der Waals surface area contributed by atoms with Crippen molar-refractivity contribution in [2.24, 2.45) is 0 Å². The molecule has 0 bridgehead atoms. The van der Waals surface area contributed by atoms with E-state index in [0.29, 0.717) is 17.1 Å². The number of benzene rings is 1. The van der Waals surface area contributed by atoms with Gasteiger partial charge in [0.05, 0.1) is 11.1 Å². The lowest BCUT2D eigenvalue weighted by molar-refractivity contribution is 0.174. The fourth-order valence-corrected chi connectivity index (χ4v) is 4.20. The van der Waals surface area contributed by atoms with E-state index >= 15 is 0 Å². The molecule has 0 amide bonds. The van der Waals surface area contributed by atoms with Gasteiger partial charge in [0, 0.05) is 44.2 Å². The highest BCUT2D eigenvalue weighted by molar-refractivity contribution is 7.80. The highest BCUT2D eigenvalue weighted by atomic mass is 32.1.